The minimum Gasteiger partial charge on any atom is -0.364 e. The van der Waals surface area contributed by atoms with Crippen LogP contribution in [0.4, 0.5) is 0 Å². The maximum Gasteiger partial charge on any atom is 0.282 e. The molecule has 2 heterocycles. The van der Waals surface area contributed by atoms with Crippen LogP contribution in [0.5, 0.6) is 0 Å². The van der Waals surface area contributed by atoms with E-state index in [0.717, 1.165) is 17.7 Å². The summed E-state index contributed by atoms with van der Waals surface area (Å²) in [6.45, 7) is 1.95. The highest BCUT2D eigenvalue weighted by atomic mass is 35.5. The molecule has 23 heavy (non-hydrogen) atoms. The van der Waals surface area contributed by atoms with E-state index in [4.69, 9.17) is 16.9 Å². The highest BCUT2D eigenvalue weighted by Gasteiger charge is 2.20. The number of aromatic amines is 1. The number of hydrogen-bond acceptors (Lipinski definition) is 3. The first kappa shape index (κ1) is 15.3. The van der Waals surface area contributed by atoms with Crippen molar-refractivity contribution in [1.29, 1.82) is 5.26 Å². The summed E-state index contributed by atoms with van der Waals surface area (Å²) in [5.41, 5.74) is 3.71. The third kappa shape index (κ3) is 2.86. The number of nitrogens with one attached hydrogen (secondary N) is 1. The van der Waals surface area contributed by atoms with E-state index in [0.29, 0.717) is 34.8 Å². The van der Waals surface area contributed by atoms with E-state index in [-0.39, 0.29) is 5.56 Å². The molecule has 6 heteroatoms. The van der Waals surface area contributed by atoms with Gasteiger partial charge in [-0.2, -0.15) is 15.0 Å². The second kappa shape index (κ2) is 6.27. The average Bonchev–Trinajstić information content (AvgIpc) is 2.88. The lowest BCUT2D eigenvalue weighted by Crippen LogP contribution is -2.14. The van der Waals surface area contributed by atoms with Gasteiger partial charge in [0.2, 0.25) is 0 Å². The molecule has 0 radical (unpaired) electrons. The Morgan fingerprint density at radius 1 is 1.35 bits per heavy atom. The predicted octanol–water partition coefficient (Wildman–Crippen LogP) is 3.47. The van der Waals surface area contributed by atoms with Crippen LogP contribution in [0.15, 0.2) is 35.3 Å². The van der Waals surface area contributed by atoms with Crippen LogP contribution < -0.4 is 5.56 Å². The molecule has 0 spiro atoms. The topological polar surface area (TPSA) is 74.5 Å². The number of nitriles is 1. The maximum absolute atomic E-state index is 12.6. The second-order valence-corrected chi connectivity index (χ2v) is 5.80. The zero-order chi connectivity index (χ0) is 16.4. The molecule has 2 aliphatic rings. The average molecular weight is 327 g/mol. The number of fused-ring (bicyclic) bond motifs is 1. The van der Waals surface area contributed by atoms with Crippen LogP contribution in [0.2, 0.25) is 5.02 Å². The second-order valence-electron chi connectivity index (χ2n) is 5.36. The summed E-state index contributed by atoms with van der Waals surface area (Å²) in [6.07, 6.45) is 3.63. The van der Waals surface area contributed by atoms with Crippen molar-refractivity contribution < 1.29 is 0 Å². The Balaban J connectivity index is 2.11. The third-order valence-corrected chi connectivity index (χ3v) is 4.09. The van der Waals surface area contributed by atoms with E-state index >= 15 is 0 Å². The van der Waals surface area contributed by atoms with E-state index in [1.165, 1.54) is 4.68 Å². The van der Waals surface area contributed by atoms with Gasteiger partial charge in [0, 0.05) is 23.3 Å². The van der Waals surface area contributed by atoms with Crippen LogP contribution in [0.1, 0.15) is 24.1 Å². The molecule has 2 aliphatic heterocycles. The summed E-state index contributed by atoms with van der Waals surface area (Å²) in [4.78, 5) is 15.7. The number of rotatable bonds is 4. The smallest absolute Gasteiger partial charge is 0.282 e. The summed E-state index contributed by atoms with van der Waals surface area (Å²) < 4.78 is 1.39. The Labute approximate surface area is 138 Å². The van der Waals surface area contributed by atoms with Crippen LogP contribution in [0, 0.1) is 18.3 Å². The van der Waals surface area contributed by atoms with Crippen molar-refractivity contribution in [3.8, 4) is 23.0 Å². The molecule has 1 N–H and O–H groups in total. The van der Waals surface area contributed by atoms with Gasteiger partial charge in [0.1, 0.15) is 5.69 Å². The first-order chi connectivity index (χ1) is 11.1. The molecule has 0 atom stereocenters. The van der Waals surface area contributed by atoms with Crippen molar-refractivity contribution in [2.24, 2.45) is 0 Å². The number of aromatic nitrogens is 3. The number of aryl methyl sites for hydroxylation is 1. The van der Waals surface area contributed by atoms with Gasteiger partial charge in [0.05, 0.1) is 17.3 Å². The molecule has 0 saturated carbocycles. The normalized spacial score (nSPS) is 10.8. The number of pyridine rings is 1. The number of H-pyrrole nitrogens is 1. The Kier molecular flexibility index (Phi) is 4.18. The Morgan fingerprint density at radius 3 is 2.78 bits per heavy atom. The monoisotopic (exact) mass is 326 g/mol. The quantitative estimate of drug-likeness (QED) is 0.746. The first-order valence-corrected chi connectivity index (χ1v) is 7.72. The van der Waals surface area contributed by atoms with Crippen molar-refractivity contribution in [3.05, 3.63) is 57.1 Å². The number of hydrogen-bond donors (Lipinski definition) is 1. The Hall–Kier alpha value is -2.58. The molecule has 0 fully saturated rings. The molecule has 0 amide bonds. The zero-order valence-electron chi connectivity index (χ0n) is 12.6. The Morgan fingerprint density at radius 2 is 2.09 bits per heavy atom. The first-order valence-electron chi connectivity index (χ1n) is 7.34. The lowest BCUT2D eigenvalue weighted by Gasteiger charge is -2.08. The van der Waals surface area contributed by atoms with Crippen molar-refractivity contribution in [1.82, 2.24) is 14.8 Å². The number of benzene rings is 1. The molecule has 1 aromatic carbocycles. The molecule has 0 aliphatic carbocycles. The van der Waals surface area contributed by atoms with Gasteiger partial charge in [0.25, 0.3) is 5.56 Å². The van der Waals surface area contributed by atoms with E-state index < -0.39 is 0 Å². The van der Waals surface area contributed by atoms with Gasteiger partial charge < -0.3 is 4.98 Å². The molecular weight excluding hydrogens is 312 g/mol. The van der Waals surface area contributed by atoms with E-state index in [1.807, 2.05) is 6.92 Å². The van der Waals surface area contributed by atoms with Gasteiger partial charge in [-0.05, 0) is 49.6 Å². The molecule has 3 rings (SSSR count). The minimum atomic E-state index is -0.167. The van der Waals surface area contributed by atoms with Gasteiger partial charge >= 0.3 is 0 Å². The van der Waals surface area contributed by atoms with Crippen molar-refractivity contribution >= 4 is 11.6 Å². The summed E-state index contributed by atoms with van der Waals surface area (Å²) in [6, 6.07) is 9.13. The van der Waals surface area contributed by atoms with Crippen molar-refractivity contribution in [3.63, 3.8) is 0 Å². The van der Waals surface area contributed by atoms with E-state index in [1.54, 1.807) is 30.5 Å². The fourth-order valence-electron chi connectivity index (χ4n) is 2.62. The molecule has 0 aromatic heterocycles. The molecule has 116 valence electrons. The van der Waals surface area contributed by atoms with Gasteiger partial charge in [-0.15, -0.1) is 0 Å². The minimum absolute atomic E-state index is 0.167. The molecule has 0 bridgehead atoms. The van der Waals surface area contributed by atoms with Gasteiger partial charge in [0.15, 0.2) is 0 Å². The maximum atomic E-state index is 12.6. The van der Waals surface area contributed by atoms with Crippen molar-refractivity contribution in [2.75, 3.05) is 0 Å². The van der Waals surface area contributed by atoms with Crippen LogP contribution in [-0.2, 0) is 6.42 Å². The van der Waals surface area contributed by atoms with Gasteiger partial charge in [-0.3, -0.25) is 4.79 Å². The predicted molar refractivity (Wildman–Crippen MR) is 89.1 cm³/mol. The third-order valence-electron chi connectivity index (χ3n) is 3.84. The molecule has 5 nitrogen and oxygen atoms in total. The summed E-state index contributed by atoms with van der Waals surface area (Å²) in [7, 11) is 0. The molecule has 0 unspecified atom stereocenters. The van der Waals surface area contributed by atoms with Gasteiger partial charge in [-0.1, -0.05) is 11.6 Å². The highest BCUT2D eigenvalue weighted by Crippen LogP contribution is 2.25. The molecule has 0 saturated heterocycles. The number of nitrogens with zero attached hydrogens (tertiary/aromatic N) is 3. The molecule has 1 aromatic rings. The summed E-state index contributed by atoms with van der Waals surface area (Å²) in [5.74, 6) is 0. The highest BCUT2D eigenvalue weighted by molar-refractivity contribution is 6.30. The zero-order valence-corrected chi connectivity index (χ0v) is 13.4. The van der Waals surface area contributed by atoms with Crippen LogP contribution in [-0.4, -0.2) is 14.8 Å². The lowest BCUT2D eigenvalue weighted by molar-refractivity contribution is 0.820. The molecular formula is C17H15ClN4O. The lowest BCUT2D eigenvalue weighted by atomic mass is 10.0. The Bertz CT molecular complexity index is 902. The fraction of sp³-hybridized carbons (Fsp3) is 0.235. The van der Waals surface area contributed by atoms with E-state index in [2.05, 4.69) is 16.2 Å². The van der Waals surface area contributed by atoms with Crippen molar-refractivity contribution in [2.45, 2.75) is 26.2 Å². The standard InChI is InChI=1S/C17H15ClN4O/c1-11-14(4-2-3-9-19)16-15(10-20-11)17(23)22(21-16)13-7-5-12(18)6-8-13/h5-8,10,20H,2-4H2,1H3. The summed E-state index contributed by atoms with van der Waals surface area (Å²) in [5, 5.41) is 13.8. The fourth-order valence-corrected chi connectivity index (χ4v) is 2.75. The van der Waals surface area contributed by atoms with E-state index in [9.17, 15) is 4.79 Å². The SMILES string of the molecule is Cc1[nH]cc2c(=O)n(-c3ccc(Cl)cc3)nc-2c1CCCC#N. The summed E-state index contributed by atoms with van der Waals surface area (Å²) >= 11 is 5.90. The van der Waals surface area contributed by atoms with Gasteiger partial charge in [-0.25, -0.2) is 0 Å². The number of unbranched alkanes of at least 4 members (excludes halogenated alkanes) is 1. The van der Waals surface area contributed by atoms with Crippen LogP contribution in [0.3, 0.4) is 0 Å². The van der Waals surface area contributed by atoms with Crippen LogP contribution >= 0.6 is 11.6 Å². The number of halogens is 1. The largest absolute Gasteiger partial charge is 0.364 e. The van der Waals surface area contributed by atoms with Crippen LogP contribution in [0.25, 0.3) is 16.9 Å².